The van der Waals surface area contributed by atoms with Crippen molar-refractivity contribution in [1.82, 2.24) is 10.3 Å². The summed E-state index contributed by atoms with van der Waals surface area (Å²) in [6, 6.07) is 3.98. The van der Waals surface area contributed by atoms with Crippen LogP contribution in [0.4, 0.5) is 13.2 Å². The van der Waals surface area contributed by atoms with Gasteiger partial charge in [0.15, 0.2) is 11.7 Å². The van der Waals surface area contributed by atoms with Crippen molar-refractivity contribution in [2.45, 2.75) is 81.1 Å². The maximum absolute atomic E-state index is 12.5. The summed E-state index contributed by atoms with van der Waals surface area (Å²) in [7, 11) is 0. The molecule has 2 atom stereocenters. The molecule has 0 amide bonds. The van der Waals surface area contributed by atoms with Crippen LogP contribution in [-0.4, -0.2) is 23.8 Å². The molecule has 0 radical (unpaired) electrons. The number of rotatable bonds is 8. The molecule has 0 aromatic carbocycles. The lowest BCUT2D eigenvalue weighted by Gasteiger charge is -2.29. The van der Waals surface area contributed by atoms with E-state index in [2.05, 4.69) is 70.7 Å². The summed E-state index contributed by atoms with van der Waals surface area (Å²) >= 11 is 0. The molecule has 3 rings (SSSR count). The number of pyridine rings is 1. The van der Waals surface area contributed by atoms with Crippen LogP contribution in [0, 0.1) is 24.7 Å². The molecule has 0 spiro atoms. The Morgan fingerprint density at radius 2 is 1.70 bits per heavy atom. The van der Waals surface area contributed by atoms with Crippen molar-refractivity contribution in [3.8, 4) is 0 Å². The number of nitrogens with zero attached hydrogens (tertiary/aromatic N) is 2. The molecule has 2 aliphatic rings. The van der Waals surface area contributed by atoms with Gasteiger partial charge in [0.05, 0.1) is 5.70 Å². The summed E-state index contributed by atoms with van der Waals surface area (Å²) in [4.78, 5) is 9.06. The number of allylic oxidation sites excluding steroid dienone is 10. The lowest BCUT2D eigenvalue weighted by Crippen LogP contribution is -2.33. The standard InChI is InChI=1S/C22H28N2.C8H9F3.C7H15N/c1-7-15(3)22(21(8-2)19-10-9-11-19)18(6)24-17(5)20-12-13-23-16(4)14-20;1-5(2)8(11)7(10)4-6(3)9;1-6-3-4-8-5-7(6)2/h7-8,12-14,19H,2,5,9-11H2,1,3-4,6H3;4H,3H2,1-2H3;6-8H,3-5H2,1-2H3/b15-7-,22-21-,24-18?;7-4+;. The van der Waals surface area contributed by atoms with Crippen LogP contribution >= 0.6 is 0 Å². The first-order chi connectivity index (χ1) is 20.2. The van der Waals surface area contributed by atoms with E-state index in [-0.39, 0.29) is 5.57 Å². The molecule has 3 nitrogen and oxygen atoms in total. The van der Waals surface area contributed by atoms with Gasteiger partial charge in [-0.05, 0) is 121 Å². The summed E-state index contributed by atoms with van der Waals surface area (Å²) in [5, 5.41) is 3.36. The number of aromatic nitrogens is 1. The van der Waals surface area contributed by atoms with Gasteiger partial charge in [0, 0.05) is 34.8 Å². The highest BCUT2D eigenvalue weighted by atomic mass is 19.2. The molecular weight excluding hydrogens is 543 g/mol. The zero-order valence-electron chi connectivity index (χ0n) is 27.6. The number of nitrogens with one attached hydrogen (secondary N) is 1. The van der Waals surface area contributed by atoms with Crippen molar-refractivity contribution in [2.75, 3.05) is 13.1 Å². The molecule has 2 unspecified atom stereocenters. The fourth-order valence-corrected chi connectivity index (χ4v) is 4.69. The first-order valence-electron chi connectivity index (χ1n) is 15.2. The van der Waals surface area contributed by atoms with Crippen molar-refractivity contribution in [1.29, 1.82) is 0 Å². The average Bonchev–Trinajstić information content (AvgIpc) is 2.92. The second-order valence-electron chi connectivity index (χ2n) is 11.7. The van der Waals surface area contributed by atoms with E-state index in [0.717, 1.165) is 34.5 Å². The molecule has 236 valence electrons. The minimum absolute atomic E-state index is 0.167. The Labute approximate surface area is 258 Å². The quantitative estimate of drug-likeness (QED) is 0.240. The fourth-order valence-electron chi connectivity index (χ4n) is 4.69. The van der Waals surface area contributed by atoms with Gasteiger partial charge < -0.3 is 5.32 Å². The van der Waals surface area contributed by atoms with E-state index in [1.165, 1.54) is 69.3 Å². The van der Waals surface area contributed by atoms with Gasteiger partial charge in [-0.3, -0.25) is 9.98 Å². The molecule has 1 saturated carbocycles. The van der Waals surface area contributed by atoms with Gasteiger partial charge in [-0.1, -0.05) is 52.2 Å². The Morgan fingerprint density at radius 3 is 2.12 bits per heavy atom. The number of aryl methyl sites for hydroxylation is 1. The molecule has 1 aliphatic carbocycles. The van der Waals surface area contributed by atoms with Crippen LogP contribution in [0.15, 0.2) is 101 Å². The summed E-state index contributed by atoms with van der Waals surface area (Å²) in [5.74, 6) is -0.811. The van der Waals surface area contributed by atoms with Crippen molar-refractivity contribution < 1.29 is 13.2 Å². The Balaban J connectivity index is 0.000000399. The number of hydrogen-bond donors (Lipinski definition) is 1. The maximum atomic E-state index is 12.5. The van der Waals surface area contributed by atoms with Gasteiger partial charge in [-0.2, -0.15) is 0 Å². The minimum Gasteiger partial charge on any atom is -0.316 e. The maximum Gasteiger partial charge on any atom is 0.161 e. The van der Waals surface area contributed by atoms with Crippen molar-refractivity contribution >= 4 is 11.4 Å². The van der Waals surface area contributed by atoms with Gasteiger partial charge >= 0.3 is 0 Å². The molecule has 6 heteroatoms. The molecule has 43 heavy (non-hydrogen) atoms. The molecule has 1 N–H and O–H groups in total. The van der Waals surface area contributed by atoms with E-state index < -0.39 is 17.5 Å². The first kappa shape index (κ1) is 37.8. The Hall–Kier alpha value is -3.25. The van der Waals surface area contributed by atoms with Gasteiger partial charge in [0.2, 0.25) is 0 Å². The number of piperidine rings is 1. The molecule has 1 aromatic rings. The highest BCUT2D eigenvalue weighted by molar-refractivity contribution is 6.05. The van der Waals surface area contributed by atoms with Crippen LogP contribution in [0.3, 0.4) is 0 Å². The molecule has 1 aliphatic heterocycles. The van der Waals surface area contributed by atoms with E-state index in [4.69, 9.17) is 4.99 Å². The molecular formula is C37H52F3N3. The smallest absolute Gasteiger partial charge is 0.161 e. The first-order valence-corrected chi connectivity index (χ1v) is 15.2. The van der Waals surface area contributed by atoms with Crippen LogP contribution in [0.1, 0.15) is 85.4 Å². The van der Waals surface area contributed by atoms with Crippen molar-refractivity contribution in [3.05, 3.63) is 107 Å². The summed E-state index contributed by atoms with van der Waals surface area (Å²) in [6.07, 6.45) is 11.5. The third-order valence-corrected chi connectivity index (χ3v) is 7.92. The van der Waals surface area contributed by atoms with E-state index in [1.807, 2.05) is 25.1 Å². The number of halogens is 3. The lowest BCUT2D eigenvalue weighted by molar-refractivity contribution is 0.295. The summed E-state index contributed by atoms with van der Waals surface area (Å²) in [5.41, 5.74) is 7.74. The molecule has 0 bridgehead atoms. The molecule has 1 aromatic heterocycles. The van der Waals surface area contributed by atoms with Crippen LogP contribution in [0.25, 0.3) is 5.70 Å². The van der Waals surface area contributed by atoms with Crippen LogP contribution < -0.4 is 5.32 Å². The lowest BCUT2D eigenvalue weighted by atomic mass is 9.76. The Bertz CT molecular complexity index is 1260. The predicted octanol–water partition coefficient (Wildman–Crippen LogP) is 10.9. The zero-order chi connectivity index (χ0) is 32.7. The van der Waals surface area contributed by atoms with E-state index in [9.17, 15) is 13.2 Å². The SMILES string of the molecule is C=C(F)/C=C(/F)C(F)=C(C)C.C=C/C(=C(C(C)=NC(=C)c1ccnc(C)c1)\C(C)=C/C)C1CCC1.CC1CCNCC1C. The van der Waals surface area contributed by atoms with Crippen LogP contribution in [0.5, 0.6) is 0 Å². The number of aliphatic imine (C=N–C) groups is 1. The highest BCUT2D eigenvalue weighted by Crippen LogP contribution is 2.37. The van der Waals surface area contributed by atoms with E-state index in [0.29, 0.717) is 12.0 Å². The Kier molecular flexibility index (Phi) is 16.8. The van der Waals surface area contributed by atoms with Gasteiger partial charge in [-0.15, -0.1) is 0 Å². The monoisotopic (exact) mass is 595 g/mol. The van der Waals surface area contributed by atoms with E-state index in [1.54, 1.807) is 6.20 Å². The van der Waals surface area contributed by atoms with Crippen molar-refractivity contribution in [3.63, 3.8) is 0 Å². The predicted molar refractivity (Wildman–Crippen MR) is 180 cm³/mol. The molecule has 1 saturated heterocycles. The van der Waals surface area contributed by atoms with Gasteiger partial charge in [-0.25, -0.2) is 13.2 Å². The normalized spacial score (nSPS) is 19.8. The van der Waals surface area contributed by atoms with Crippen molar-refractivity contribution in [2.24, 2.45) is 22.7 Å². The van der Waals surface area contributed by atoms with Gasteiger partial charge in [0.25, 0.3) is 0 Å². The highest BCUT2D eigenvalue weighted by Gasteiger charge is 2.24. The third kappa shape index (κ3) is 12.9. The number of hydrogen-bond acceptors (Lipinski definition) is 3. The second kappa shape index (κ2) is 19.1. The molecule has 2 fully saturated rings. The van der Waals surface area contributed by atoms with Gasteiger partial charge in [0.1, 0.15) is 5.83 Å². The van der Waals surface area contributed by atoms with Crippen LogP contribution in [-0.2, 0) is 0 Å². The Morgan fingerprint density at radius 1 is 1.05 bits per heavy atom. The third-order valence-electron chi connectivity index (χ3n) is 7.92. The largest absolute Gasteiger partial charge is 0.316 e. The van der Waals surface area contributed by atoms with E-state index >= 15 is 0 Å². The van der Waals surface area contributed by atoms with Crippen LogP contribution in [0.2, 0.25) is 0 Å². The average molecular weight is 596 g/mol. The summed E-state index contributed by atoms with van der Waals surface area (Å²) < 4.78 is 36.8. The molecule has 2 heterocycles. The minimum atomic E-state index is -1.22. The summed E-state index contributed by atoms with van der Waals surface area (Å²) in [6.45, 7) is 29.2. The topological polar surface area (TPSA) is 37.3 Å². The zero-order valence-corrected chi connectivity index (χ0v) is 27.6. The fraction of sp³-hybridized carbons (Fsp3) is 0.459. The second-order valence-corrected chi connectivity index (χ2v) is 11.7.